The molecule has 1 unspecified atom stereocenters. The number of nitrogens with zero attached hydrogens (tertiary/aromatic N) is 5. The zero-order chi connectivity index (χ0) is 23.8. The summed E-state index contributed by atoms with van der Waals surface area (Å²) in [5.41, 5.74) is 3.02. The molecule has 0 spiro atoms. The van der Waals surface area contributed by atoms with Gasteiger partial charge < -0.3 is 9.80 Å². The maximum absolute atomic E-state index is 14.9. The molecule has 1 aliphatic heterocycles. The Morgan fingerprint density at radius 3 is 2.56 bits per heavy atom. The summed E-state index contributed by atoms with van der Waals surface area (Å²) in [4.78, 5) is 22.8. The first-order valence-corrected chi connectivity index (χ1v) is 12.1. The summed E-state index contributed by atoms with van der Waals surface area (Å²) >= 11 is 1.49. The summed E-state index contributed by atoms with van der Waals surface area (Å²) in [6.45, 7) is 3.70. The van der Waals surface area contributed by atoms with Gasteiger partial charge in [0.2, 0.25) is 0 Å². The number of anilines is 1. The van der Waals surface area contributed by atoms with Crippen LogP contribution in [0.5, 0.6) is 0 Å². The lowest BCUT2D eigenvalue weighted by molar-refractivity contribution is 0.315. The minimum absolute atomic E-state index is 0.219. The second kappa shape index (κ2) is 9.12. The number of benzene rings is 2. The molecule has 4 aromatic rings. The van der Waals surface area contributed by atoms with E-state index < -0.39 is 0 Å². The number of halogens is 1. The molecule has 1 aliphatic rings. The van der Waals surface area contributed by atoms with Gasteiger partial charge >= 0.3 is 0 Å². The van der Waals surface area contributed by atoms with Crippen molar-refractivity contribution in [1.82, 2.24) is 19.7 Å². The average Bonchev–Trinajstić information content (AvgIpc) is 3.48. The molecule has 3 heterocycles. The quantitative estimate of drug-likeness (QED) is 0.422. The molecule has 2 aromatic heterocycles. The fourth-order valence-electron chi connectivity index (χ4n) is 4.30. The number of likely N-dealkylation sites (N-methyl/N-ethyl adjacent to an activating group) is 1. The topological polar surface area (TPSA) is 54.3 Å². The lowest BCUT2D eigenvalue weighted by Gasteiger charge is -2.19. The van der Waals surface area contributed by atoms with Crippen LogP contribution in [0.1, 0.15) is 12.0 Å². The monoisotopic (exact) mass is 475 g/mol. The highest BCUT2D eigenvalue weighted by Crippen LogP contribution is 2.41. The molecule has 2 aromatic carbocycles. The van der Waals surface area contributed by atoms with Crippen molar-refractivity contribution in [3.63, 3.8) is 0 Å². The molecule has 0 radical (unpaired) electrons. The predicted octanol–water partition coefficient (Wildman–Crippen LogP) is 4.61. The lowest BCUT2D eigenvalue weighted by Crippen LogP contribution is -2.31. The first-order valence-electron chi connectivity index (χ1n) is 11.3. The molecule has 1 atom stereocenters. The molecule has 1 saturated heterocycles. The SMILES string of the molecule is Cc1ccccc1-n1nc(-c2sc(N3CCC(N(C)C)C3)nc2-c2ccccc2F)ccc1=O. The van der Waals surface area contributed by atoms with E-state index in [2.05, 4.69) is 23.9 Å². The van der Waals surface area contributed by atoms with E-state index in [1.165, 1.54) is 28.2 Å². The Morgan fingerprint density at radius 1 is 1.06 bits per heavy atom. The first-order chi connectivity index (χ1) is 16.4. The van der Waals surface area contributed by atoms with Crippen LogP contribution in [0.2, 0.25) is 0 Å². The summed E-state index contributed by atoms with van der Waals surface area (Å²) in [7, 11) is 4.18. The Labute approximate surface area is 201 Å². The van der Waals surface area contributed by atoms with Gasteiger partial charge in [-0.3, -0.25) is 4.79 Å². The van der Waals surface area contributed by atoms with Crippen LogP contribution >= 0.6 is 11.3 Å². The highest BCUT2D eigenvalue weighted by Gasteiger charge is 2.28. The van der Waals surface area contributed by atoms with Gasteiger partial charge in [-0.1, -0.05) is 41.7 Å². The van der Waals surface area contributed by atoms with Gasteiger partial charge in [-0.25, -0.2) is 9.37 Å². The number of thiazole rings is 1. The Balaban J connectivity index is 1.65. The zero-order valence-electron chi connectivity index (χ0n) is 19.4. The van der Waals surface area contributed by atoms with Crippen LogP contribution in [0.3, 0.4) is 0 Å². The third-order valence-electron chi connectivity index (χ3n) is 6.29. The molecule has 0 bridgehead atoms. The minimum Gasteiger partial charge on any atom is -0.346 e. The lowest BCUT2D eigenvalue weighted by atomic mass is 10.1. The van der Waals surface area contributed by atoms with Crippen LogP contribution in [0.25, 0.3) is 27.5 Å². The van der Waals surface area contributed by atoms with Gasteiger partial charge in [0, 0.05) is 30.8 Å². The van der Waals surface area contributed by atoms with Crippen molar-refractivity contribution < 1.29 is 4.39 Å². The molecule has 0 saturated carbocycles. The van der Waals surface area contributed by atoms with Crippen LogP contribution in [-0.2, 0) is 0 Å². The van der Waals surface area contributed by atoms with E-state index in [9.17, 15) is 9.18 Å². The number of aryl methyl sites for hydroxylation is 1. The van der Waals surface area contributed by atoms with E-state index in [1.807, 2.05) is 31.2 Å². The van der Waals surface area contributed by atoms with Gasteiger partial charge in [0.1, 0.15) is 11.5 Å². The van der Waals surface area contributed by atoms with E-state index in [0.717, 1.165) is 40.8 Å². The highest BCUT2D eigenvalue weighted by atomic mass is 32.1. The van der Waals surface area contributed by atoms with Gasteiger partial charge in [0.05, 0.1) is 16.3 Å². The Morgan fingerprint density at radius 2 is 1.82 bits per heavy atom. The fraction of sp³-hybridized carbons (Fsp3) is 0.269. The largest absolute Gasteiger partial charge is 0.346 e. The number of hydrogen-bond acceptors (Lipinski definition) is 6. The molecular formula is C26H26FN5OS. The van der Waals surface area contributed by atoms with Gasteiger partial charge in [-0.05, 0) is 57.3 Å². The average molecular weight is 476 g/mol. The molecule has 8 heteroatoms. The number of rotatable bonds is 5. The minimum atomic E-state index is -0.333. The molecule has 174 valence electrons. The van der Waals surface area contributed by atoms with Crippen molar-refractivity contribution in [3.05, 3.63) is 82.4 Å². The zero-order valence-corrected chi connectivity index (χ0v) is 20.2. The van der Waals surface area contributed by atoms with Crippen LogP contribution in [0.15, 0.2) is 65.5 Å². The van der Waals surface area contributed by atoms with Gasteiger partial charge in [0.25, 0.3) is 5.56 Å². The van der Waals surface area contributed by atoms with E-state index in [-0.39, 0.29) is 11.4 Å². The maximum Gasteiger partial charge on any atom is 0.271 e. The predicted molar refractivity (Wildman–Crippen MR) is 135 cm³/mol. The second-order valence-electron chi connectivity index (χ2n) is 8.76. The summed E-state index contributed by atoms with van der Waals surface area (Å²) < 4.78 is 16.3. The normalized spacial score (nSPS) is 15.9. The molecule has 6 nitrogen and oxygen atoms in total. The molecular weight excluding hydrogens is 449 g/mol. The third-order valence-corrected chi connectivity index (χ3v) is 7.42. The standard InChI is InChI=1S/C26H26FN5OS/c1-17-8-4-7-11-22(17)32-23(33)13-12-21(29-32)25-24(19-9-5-6-10-20(19)27)28-26(34-25)31-15-14-18(16-31)30(2)3/h4-13,18H,14-16H2,1-3H3. The van der Waals surface area contributed by atoms with E-state index in [1.54, 1.807) is 24.3 Å². The Bertz CT molecular complexity index is 1400. The molecule has 0 amide bonds. The van der Waals surface area contributed by atoms with Crippen molar-refractivity contribution in [1.29, 1.82) is 0 Å². The third kappa shape index (κ3) is 4.15. The van der Waals surface area contributed by atoms with Gasteiger partial charge in [-0.15, -0.1) is 0 Å². The molecule has 0 aliphatic carbocycles. The van der Waals surface area contributed by atoms with Crippen LogP contribution < -0.4 is 10.5 Å². The van der Waals surface area contributed by atoms with E-state index in [4.69, 9.17) is 10.1 Å². The van der Waals surface area contributed by atoms with Gasteiger partial charge in [-0.2, -0.15) is 9.78 Å². The molecule has 5 rings (SSSR count). The number of hydrogen-bond donors (Lipinski definition) is 0. The van der Waals surface area contributed by atoms with Crippen molar-refractivity contribution >= 4 is 16.5 Å². The fourth-order valence-corrected chi connectivity index (χ4v) is 5.38. The number of para-hydroxylation sites is 1. The first kappa shape index (κ1) is 22.4. The summed E-state index contributed by atoms with van der Waals surface area (Å²) in [5, 5.41) is 5.54. The smallest absolute Gasteiger partial charge is 0.271 e. The molecule has 1 fully saturated rings. The van der Waals surface area contributed by atoms with Crippen LogP contribution in [0.4, 0.5) is 9.52 Å². The molecule has 0 N–H and O–H groups in total. The van der Waals surface area contributed by atoms with Crippen molar-refractivity contribution in [2.24, 2.45) is 0 Å². The summed E-state index contributed by atoms with van der Waals surface area (Å²) in [6.07, 6.45) is 1.05. The van der Waals surface area contributed by atoms with Crippen molar-refractivity contribution in [2.75, 3.05) is 32.1 Å². The Hall–Kier alpha value is -3.36. The van der Waals surface area contributed by atoms with Crippen LogP contribution in [-0.4, -0.2) is 52.9 Å². The molecule has 34 heavy (non-hydrogen) atoms. The Kier molecular flexibility index (Phi) is 6.02. The second-order valence-corrected chi connectivity index (χ2v) is 9.74. The number of aromatic nitrogens is 3. The van der Waals surface area contributed by atoms with Gasteiger partial charge in [0.15, 0.2) is 5.13 Å². The summed E-state index contributed by atoms with van der Waals surface area (Å²) in [5.74, 6) is -0.333. The van der Waals surface area contributed by atoms with E-state index >= 15 is 0 Å². The summed E-state index contributed by atoms with van der Waals surface area (Å²) in [6, 6.07) is 17.9. The highest BCUT2D eigenvalue weighted by molar-refractivity contribution is 7.19. The van der Waals surface area contributed by atoms with Crippen molar-refractivity contribution in [3.8, 4) is 27.5 Å². The van der Waals surface area contributed by atoms with Crippen molar-refractivity contribution in [2.45, 2.75) is 19.4 Å². The van der Waals surface area contributed by atoms with E-state index in [0.29, 0.717) is 23.0 Å². The van der Waals surface area contributed by atoms with Crippen LogP contribution in [0, 0.1) is 12.7 Å². The maximum atomic E-state index is 14.9.